The minimum atomic E-state index is -3.32. The van der Waals surface area contributed by atoms with E-state index < -0.39 is 9.84 Å². The summed E-state index contributed by atoms with van der Waals surface area (Å²) in [4.78, 5) is 18.6. The molecule has 164 valence electrons. The molecule has 0 spiro atoms. The summed E-state index contributed by atoms with van der Waals surface area (Å²) in [5.41, 5.74) is 0.877. The molecule has 0 saturated carbocycles. The van der Waals surface area contributed by atoms with Crippen LogP contribution in [-0.2, 0) is 21.2 Å². The highest BCUT2D eigenvalue weighted by atomic mass is 32.2. The predicted molar refractivity (Wildman–Crippen MR) is 120 cm³/mol. The number of carbonyl (C=O) groups is 1. The maximum absolute atomic E-state index is 13.4. The quantitative estimate of drug-likeness (QED) is 0.543. The van der Waals surface area contributed by atoms with Gasteiger partial charge in [0.1, 0.15) is 11.6 Å². The Morgan fingerprint density at radius 2 is 1.87 bits per heavy atom. The van der Waals surface area contributed by atoms with Crippen LogP contribution in [0, 0.1) is 5.82 Å². The van der Waals surface area contributed by atoms with Crippen LogP contribution in [0.3, 0.4) is 0 Å². The second-order valence-electron chi connectivity index (χ2n) is 7.73. The third-order valence-corrected chi connectivity index (χ3v) is 7.99. The molecule has 8 heteroatoms. The van der Waals surface area contributed by atoms with E-state index in [0.29, 0.717) is 19.5 Å². The molecule has 30 heavy (non-hydrogen) atoms. The van der Waals surface area contributed by atoms with E-state index in [4.69, 9.17) is 0 Å². The van der Waals surface area contributed by atoms with E-state index >= 15 is 0 Å². The number of rotatable bonds is 9. The van der Waals surface area contributed by atoms with Crippen LogP contribution in [0.5, 0.6) is 0 Å². The van der Waals surface area contributed by atoms with Crippen LogP contribution in [0.4, 0.5) is 4.39 Å². The van der Waals surface area contributed by atoms with E-state index in [2.05, 4.69) is 11.0 Å². The summed E-state index contributed by atoms with van der Waals surface area (Å²) >= 11 is 1.64. The van der Waals surface area contributed by atoms with E-state index in [9.17, 15) is 17.6 Å². The number of amides is 1. The molecule has 1 aromatic heterocycles. The summed E-state index contributed by atoms with van der Waals surface area (Å²) in [7, 11) is -3.32. The van der Waals surface area contributed by atoms with E-state index in [1.54, 1.807) is 22.3 Å². The van der Waals surface area contributed by atoms with Gasteiger partial charge in [-0.15, -0.1) is 11.3 Å². The molecule has 1 aromatic carbocycles. The van der Waals surface area contributed by atoms with Gasteiger partial charge in [0.2, 0.25) is 5.91 Å². The fourth-order valence-electron chi connectivity index (χ4n) is 3.56. The van der Waals surface area contributed by atoms with Gasteiger partial charge in [0.05, 0.1) is 5.75 Å². The van der Waals surface area contributed by atoms with Crippen molar-refractivity contribution in [1.29, 1.82) is 0 Å². The molecule has 1 fully saturated rings. The average molecular weight is 453 g/mol. The number of piperazine rings is 1. The number of benzene rings is 1. The highest BCUT2D eigenvalue weighted by Crippen LogP contribution is 2.29. The van der Waals surface area contributed by atoms with Crippen LogP contribution in [0.2, 0.25) is 0 Å². The van der Waals surface area contributed by atoms with Crippen molar-refractivity contribution < 1.29 is 17.6 Å². The Bertz CT molecular complexity index is 951. The summed E-state index contributed by atoms with van der Waals surface area (Å²) in [6, 6.07) is 10.7. The maximum atomic E-state index is 13.4. The first kappa shape index (κ1) is 22.9. The molecular formula is C22H29FN2O3S2. The van der Waals surface area contributed by atoms with Crippen molar-refractivity contribution in [1.82, 2.24) is 9.80 Å². The number of thiophene rings is 1. The predicted octanol–water partition coefficient (Wildman–Crippen LogP) is 3.80. The van der Waals surface area contributed by atoms with Crippen LogP contribution < -0.4 is 0 Å². The molecule has 0 bridgehead atoms. The molecule has 0 N–H and O–H groups in total. The lowest BCUT2D eigenvalue weighted by molar-refractivity contribution is -0.130. The Morgan fingerprint density at radius 3 is 2.57 bits per heavy atom. The van der Waals surface area contributed by atoms with E-state index in [1.165, 1.54) is 17.0 Å². The van der Waals surface area contributed by atoms with Crippen molar-refractivity contribution in [2.75, 3.05) is 37.7 Å². The number of carbonyl (C=O) groups excluding carboxylic acids is 1. The largest absolute Gasteiger partial charge is 0.339 e. The SMILES string of the molecule is CCCCCS(=O)(=O)CC(=O)N1CCN(Cc2ccc(-c3cccc(F)c3)s2)CC1. The van der Waals surface area contributed by atoms with Gasteiger partial charge in [0.15, 0.2) is 9.84 Å². The van der Waals surface area contributed by atoms with Gasteiger partial charge < -0.3 is 4.90 Å². The van der Waals surface area contributed by atoms with Crippen molar-refractivity contribution in [3.05, 3.63) is 47.1 Å². The van der Waals surface area contributed by atoms with Gasteiger partial charge >= 0.3 is 0 Å². The summed E-state index contributed by atoms with van der Waals surface area (Å²) in [6.45, 7) is 5.33. The molecule has 1 amide bonds. The minimum Gasteiger partial charge on any atom is -0.339 e. The minimum absolute atomic E-state index is 0.0958. The first-order chi connectivity index (χ1) is 14.4. The monoisotopic (exact) mass is 452 g/mol. The number of hydrogen-bond acceptors (Lipinski definition) is 5. The molecule has 0 aliphatic carbocycles. The lowest BCUT2D eigenvalue weighted by Crippen LogP contribution is -2.49. The Kier molecular flexibility index (Phi) is 8.02. The maximum Gasteiger partial charge on any atom is 0.237 e. The summed E-state index contributed by atoms with van der Waals surface area (Å²) in [5.74, 6) is -0.803. The van der Waals surface area contributed by atoms with Crippen LogP contribution >= 0.6 is 11.3 Å². The first-order valence-electron chi connectivity index (χ1n) is 10.4. The highest BCUT2D eigenvalue weighted by Gasteiger charge is 2.25. The van der Waals surface area contributed by atoms with Crippen LogP contribution in [0.1, 0.15) is 31.1 Å². The van der Waals surface area contributed by atoms with Crippen molar-refractivity contribution in [2.24, 2.45) is 0 Å². The molecule has 5 nitrogen and oxygen atoms in total. The Morgan fingerprint density at radius 1 is 1.10 bits per heavy atom. The highest BCUT2D eigenvalue weighted by molar-refractivity contribution is 7.92. The van der Waals surface area contributed by atoms with E-state index in [0.717, 1.165) is 42.9 Å². The van der Waals surface area contributed by atoms with Crippen LogP contribution in [-0.4, -0.2) is 61.8 Å². The molecule has 0 radical (unpaired) electrons. The van der Waals surface area contributed by atoms with Gasteiger partial charge in [-0.2, -0.15) is 0 Å². The van der Waals surface area contributed by atoms with Crippen molar-refractivity contribution in [3.63, 3.8) is 0 Å². The zero-order chi connectivity index (χ0) is 21.6. The Balaban J connectivity index is 1.47. The lowest BCUT2D eigenvalue weighted by Gasteiger charge is -2.34. The van der Waals surface area contributed by atoms with Crippen molar-refractivity contribution in [3.8, 4) is 10.4 Å². The number of halogens is 1. The molecule has 0 atom stereocenters. The molecular weight excluding hydrogens is 423 g/mol. The molecule has 1 aliphatic heterocycles. The second-order valence-corrected chi connectivity index (χ2v) is 11.1. The fraction of sp³-hybridized carbons (Fsp3) is 0.500. The molecule has 1 aliphatic rings. The van der Waals surface area contributed by atoms with Crippen LogP contribution in [0.15, 0.2) is 36.4 Å². The smallest absolute Gasteiger partial charge is 0.237 e. The third kappa shape index (κ3) is 6.62. The van der Waals surface area contributed by atoms with Gasteiger partial charge in [0, 0.05) is 42.5 Å². The van der Waals surface area contributed by atoms with Crippen molar-refractivity contribution >= 4 is 27.1 Å². The third-order valence-electron chi connectivity index (χ3n) is 5.28. The molecule has 1 saturated heterocycles. The molecule has 2 heterocycles. The van der Waals surface area contributed by atoms with Gasteiger partial charge in [0.25, 0.3) is 0 Å². The number of sulfone groups is 1. The lowest BCUT2D eigenvalue weighted by atomic mass is 10.2. The van der Waals surface area contributed by atoms with Crippen molar-refractivity contribution in [2.45, 2.75) is 32.7 Å². The van der Waals surface area contributed by atoms with E-state index in [1.807, 2.05) is 19.1 Å². The number of unbranched alkanes of at least 4 members (excludes halogenated alkanes) is 2. The standard InChI is InChI=1S/C22H29FN2O3S2/c1-2-3-4-14-30(27,28)17-22(26)25-12-10-24(11-13-25)16-20-8-9-21(29-20)18-6-5-7-19(23)15-18/h5-9,15H,2-4,10-14,16-17H2,1H3. The van der Waals surface area contributed by atoms with Gasteiger partial charge in [-0.1, -0.05) is 31.9 Å². The summed E-state index contributed by atoms with van der Waals surface area (Å²) < 4.78 is 37.7. The zero-order valence-corrected chi connectivity index (χ0v) is 19.0. The van der Waals surface area contributed by atoms with Crippen LogP contribution in [0.25, 0.3) is 10.4 Å². The fourth-order valence-corrected chi connectivity index (χ4v) is 5.95. The summed E-state index contributed by atoms with van der Waals surface area (Å²) in [5, 5.41) is 0. The van der Waals surface area contributed by atoms with Gasteiger partial charge in [-0.3, -0.25) is 9.69 Å². The number of nitrogens with zero attached hydrogens (tertiary/aromatic N) is 2. The molecule has 3 rings (SSSR count). The normalized spacial score (nSPS) is 15.5. The average Bonchev–Trinajstić information content (AvgIpc) is 3.17. The zero-order valence-electron chi connectivity index (χ0n) is 17.3. The summed E-state index contributed by atoms with van der Waals surface area (Å²) in [6.07, 6.45) is 2.45. The van der Waals surface area contributed by atoms with Gasteiger partial charge in [-0.05, 0) is 36.2 Å². The first-order valence-corrected chi connectivity index (χ1v) is 13.1. The van der Waals surface area contributed by atoms with E-state index in [-0.39, 0.29) is 23.2 Å². The molecule has 2 aromatic rings. The Hall–Kier alpha value is -1.77. The topological polar surface area (TPSA) is 57.7 Å². The van der Waals surface area contributed by atoms with Gasteiger partial charge in [-0.25, -0.2) is 12.8 Å². The number of hydrogen-bond donors (Lipinski definition) is 0. The second kappa shape index (κ2) is 10.5. The Labute approximate surface area is 182 Å². The molecule has 0 unspecified atom stereocenters.